The second-order valence-corrected chi connectivity index (χ2v) is 4.36. The zero-order valence-corrected chi connectivity index (χ0v) is 8.44. The first kappa shape index (κ1) is 11.1. The molecule has 0 spiro atoms. The van der Waals surface area contributed by atoms with Crippen LogP contribution in [0.5, 0.6) is 0 Å². The third-order valence-corrected chi connectivity index (χ3v) is 2.71. The van der Waals surface area contributed by atoms with E-state index >= 15 is 0 Å². The zero-order valence-electron chi connectivity index (χ0n) is 7.62. The summed E-state index contributed by atoms with van der Waals surface area (Å²) < 4.78 is 34.9. The van der Waals surface area contributed by atoms with E-state index in [-0.39, 0.29) is 11.4 Å². The summed E-state index contributed by atoms with van der Waals surface area (Å²) in [5.74, 6) is -0.484. The zero-order chi connectivity index (χ0) is 10.8. The van der Waals surface area contributed by atoms with Gasteiger partial charge >= 0.3 is 0 Å². The van der Waals surface area contributed by atoms with E-state index < -0.39 is 15.8 Å². The summed E-state index contributed by atoms with van der Waals surface area (Å²) in [6.07, 6.45) is 0. The summed E-state index contributed by atoms with van der Waals surface area (Å²) in [4.78, 5) is -0.0479. The molecule has 0 amide bonds. The smallest absolute Gasteiger partial charge is 0.238 e. The van der Waals surface area contributed by atoms with Gasteiger partial charge in [0.2, 0.25) is 10.0 Å². The van der Waals surface area contributed by atoms with Gasteiger partial charge in [-0.05, 0) is 30.8 Å². The molecule has 1 aromatic carbocycles. The van der Waals surface area contributed by atoms with Gasteiger partial charge < -0.3 is 5.32 Å². The molecule has 0 saturated carbocycles. The Labute approximate surface area is 82.0 Å². The molecule has 0 aliphatic heterocycles. The van der Waals surface area contributed by atoms with Crippen molar-refractivity contribution >= 4 is 10.0 Å². The summed E-state index contributed by atoms with van der Waals surface area (Å²) in [7, 11) is -2.14. The van der Waals surface area contributed by atoms with Crippen molar-refractivity contribution in [3.8, 4) is 0 Å². The van der Waals surface area contributed by atoms with Crippen molar-refractivity contribution in [3.63, 3.8) is 0 Å². The molecule has 0 fully saturated rings. The lowest BCUT2D eigenvalue weighted by Crippen LogP contribution is -2.17. The first-order valence-electron chi connectivity index (χ1n) is 3.91. The monoisotopic (exact) mass is 218 g/mol. The van der Waals surface area contributed by atoms with Crippen LogP contribution in [0.4, 0.5) is 4.39 Å². The normalized spacial score (nSPS) is 11.6. The Morgan fingerprint density at radius 3 is 2.64 bits per heavy atom. The number of nitrogens with one attached hydrogen (secondary N) is 1. The molecule has 1 aromatic rings. The Kier molecular flexibility index (Phi) is 3.20. The highest BCUT2D eigenvalue weighted by Crippen LogP contribution is 2.15. The molecule has 3 N–H and O–H groups in total. The van der Waals surface area contributed by atoms with E-state index in [1.807, 2.05) is 0 Å². The number of benzene rings is 1. The molecule has 0 saturated heterocycles. The number of nitrogens with two attached hydrogens (primary N) is 1. The lowest BCUT2D eigenvalue weighted by atomic mass is 10.2. The van der Waals surface area contributed by atoms with Gasteiger partial charge in [-0.25, -0.2) is 17.9 Å². The van der Waals surface area contributed by atoms with E-state index in [1.54, 1.807) is 7.05 Å². The maximum absolute atomic E-state index is 12.8. The van der Waals surface area contributed by atoms with Crippen molar-refractivity contribution in [3.05, 3.63) is 29.6 Å². The van der Waals surface area contributed by atoms with Gasteiger partial charge in [0.15, 0.2) is 0 Å². The second-order valence-electron chi connectivity index (χ2n) is 2.83. The van der Waals surface area contributed by atoms with Crippen molar-refractivity contribution in [1.82, 2.24) is 5.32 Å². The first-order valence-corrected chi connectivity index (χ1v) is 5.45. The Morgan fingerprint density at radius 1 is 1.50 bits per heavy atom. The van der Waals surface area contributed by atoms with Crippen molar-refractivity contribution in [2.75, 3.05) is 7.05 Å². The average Bonchev–Trinajstić information content (AvgIpc) is 2.02. The maximum atomic E-state index is 12.8. The van der Waals surface area contributed by atoms with Crippen LogP contribution in [0.1, 0.15) is 5.56 Å². The standard InChI is InChI=1S/C8H11FN2O2S/c1-11-5-6-4-7(9)2-3-8(6)14(10,12)13/h2-4,11H,5H2,1H3,(H2,10,12,13). The van der Waals surface area contributed by atoms with Crippen molar-refractivity contribution < 1.29 is 12.8 Å². The lowest BCUT2D eigenvalue weighted by Gasteiger charge is -2.06. The van der Waals surface area contributed by atoms with E-state index in [2.05, 4.69) is 5.32 Å². The summed E-state index contributed by atoms with van der Waals surface area (Å²) in [5.41, 5.74) is 0.329. The van der Waals surface area contributed by atoms with Gasteiger partial charge in [0, 0.05) is 6.54 Å². The number of hydrogen-bond donors (Lipinski definition) is 2. The molecule has 4 nitrogen and oxygen atoms in total. The molecule has 0 bridgehead atoms. The highest BCUT2D eigenvalue weighted by atomic mass is 32.2. The number of rotatable bonds is 3. The molecular weight excluding hydrogens is 207 g/mol. The van der Waals surface area contributed by atoms with Gasteiger partial charge in [-0.3, -0.25) is 0 Å². The van der Waals surface area contributed by atoms with E-state index in [1.165, 1.54) is 0 Å². The summed E-state index contributed by atoms with van der Waals surface area (Å²) in [5, 5.41) is 7.70. The molecule has 0 unspecified atom stereocenters. The van der Waals surface area contributed by atoms with E-state index in [9.17, 15) is 12.8 Å². The van der Waals surface area contributed by atoms with Crippen LogP contribution in [0.15, 0.2) is 23.1 Å². The molecule has 0 aliphatic rings. The predicted octanol–water partition coefficient (Wildman–Crippen LogP) is 0.193. The third kappa shape index (κ3) is 2.50. The SMILES string of the molecule is CNCc1cc(F)ccc1S(N)(=O)=O. The van der Waals surface area contributed by atoms with Crippen LogP contribution in [-0.4, -0.2) is 15.5 Å². The predicted molar refractivity (Wildman–Crippen MR) is 50.5 cm³/mol. The Morgan fingerprint density at radius 2 is 2.14 bits per heavy atom. The van der Waals surface area contributed by atoms with E-state index in [0.717, 1.165) is 18.2 Å². The minimum absolute atomic E-state index is 0.0479. The van der Waals surface area contributed by atoms with Gasteiger partial charge in [-0.2, -0.15) is 0 Å². The Hall–Kier alpha value is -0.980. The molecule has 78 valence electrons. The molecule has 0 radical (unpaired) electrons. The number of primary sulfonamides is 1. The van der Waals surface area contributed by atoms with Crippen LogP contribution >= 0.6 is 0 Å². The fourth-order valence-corrected chi connectivity index (χ4v) is 1.91. The fourth-order valence-electron chi connectivity index (χ4n) is 1.15. The van der Waals surface area contributed by atoms with Crippen LogP contribution in [0.2, 0.25) is 0 Å². The highest BCUT2D eigenvalue weighted by Gasteiger charge is 2.13. The summed E-state index contributed by atoms with van der Waals surface area (Å²) in [6.45, 7) is 0.253. The van der Waals surface area contributed by atoms with Gasteiger partial charge in [0.25, 0.3) is 0 Å². The number of halogens is 1. The maximum Gasteiger partial charge on any atom is 0.238 e. The van der Waals surface area contributed by atoms with Gasteiger partial charge in [0.1, 0.15) is 5.82 Å². The molecule has 14 heavy (non-hydrogen) atoms. The van der Waals surface area contributed by atoms with E-state index in [0.29, 0.717) is 5.56 Å². The molecule has 1 rings (SSSR count). The molecule has 0 heterocycles. The van der Waals surface area contributed by atoms with Crippen LogP contribution in [0.25, 0.3) is 0 Å². The Bertz CT molecular complexity index is 431. The largest absolute Gasteiger partial charge is 0.316 e. The topological polar surface area (TPSA) is 72.2 Å². The van der Waals surface area contributed by atoms with E-state index in [4.69, 9.17) is 5.14 Å². The highest BCUT2D eigenvalue weighted by molar-refractivity contribution is 7.89. The molecule has 0 aromatic heterocycles. The lowest BCUT2D eigenvalue weighted by molar-refractivity contribution is 0.593. The quantitative estimate of drug-likeness (QED) is 0.760. The van der Waals surface area contributed by atoms with Gasteiger partial charge in [0.05, 0.1) is 4.90 Å². The minimum atomic E-state index is -3.78. The first-order chi connectivity index (χ1) is 6.45. The molecule has 0 aliphatic carbocycles. The van der Waals surface area contributed by atoms with Crippen LogP contribution in [-0.2, 0) is 16.6 Å². The minimum Gasteiger partial charge on any atom is -0.316 e. The summed E-state index contributed by atoms with van der Waals surface area (Å²) >= 11 is 0. The number of sulfonamides is 1. The molecule has 0 atom stereocenters. The second kappa shape index (κ2) is 4.04. The summed E-state index contributed by atoms with van der Waals surface area (Å²) in [6, 6.07) is 3.38. The van der Waals surface area contributed by atoms with Crippen molar-refractivity contribution in [2.45, 2.75) is 11.4 Å². The fraction of sp³-hybridized carbons (Fsp3) is 0.250. The number of hydrogen-bond acceptors (Lipinski definition) is 3. The molecule has 6 heteroatoms. The van der Waals surface area contributed by atoms with Crippen LogP contribution < -0.4 is 10.5 Å². The van der Waals surface area contributed by atoms with Gasteiger partial charge in [-0.15, -0.1) is 0 Å². The van der Waals surface area contributed by atoms with Crippen molar-refractivity contribution in [1.29, 1.82) is 0 Å². The van der Waals surface area contributed by atoms with Crippen LogP contribution in [0.3, 0.4) is 0 Å². The van der Waals surface area contributed by atoms with Gasteiger partial charge in [-0.1, -0.05) is 0 Å². The third-order valence-electron chi connectivity index (χ3n) is 1.70. The molecular formula is C8H11FN2O2S. The Balaban J connectivity index is 3.29. The van der Waals surface area contributed by atoms with Crippen LogP contribution in [0, 0.1) is 5.82 Å². The average molecular weight is 218 g/mol. The van der Waals surface area contributed by atoms with Crippen molar-refractivity contribution in [2.24, 2.45) is 5.14 Å².